The van der Waals surface area contributed by atoms with Crippen LogP contribution in [0.3, 0.4) is 0 Å². The molecule has 0 unspecified atom stereocenters. The van der Waals surface area contributed by atoms with Crippen molar-refractivity contribution >= 4 is 18.1 Å². The molecule has 0 spiro atoms. The first kappa shape index (κ1) is 56.2. The maximum atomic E-state index is 14.0. The largest absolute Gasteiger partial charge is 0.449 e. The highest BCUT2D eigenvalue weighted by Gasteiger charge is 2.49. The lowest BCUT2D eigenvalue weighted by Gasteiger charge is -2.46. The van der Waals surface area contributed by atoms with E-state index in [1.165, 1.54) is 120 Å². The van der Waals surface area contributed by atoms with Crippen molar-refractivity contribution in [2.45, 2.75) is 244 Å². The number of rotatable bonds is 37. The summed E-state index contributed by atoms with van der Waals surface area (Å²) in [4.78, 5) is 42.2. The fraction of sp³-hybridized carbons (Fsp3) is 0.824. The van der Waals surface area contributed by atoms with E-state index in [0.29, 0.717) is 12.8 Å². The molecule has 5 N–H and O–H groups in total. The van der Waals surface area contributed by atoms with Gasteiger partial charge in [-0.2, -0.15) is 0 Å². The number of aliphatic hydroxyl groups is 3. The Morgan fingerprint density at radius 1 is 0.667 bits per heavy atom. The molecular formula is C51H91N3O9. The molecule has 1 aromatic rings. The molecule has 0 saturated carbocycles. The van der Waals surface area contributed by atoms with Crippen LogP contribution in [0.2, 0.25) is 0 Å². The molecule has 0 aromatic heterocycles. The Hall–Kier alpha value is -2.93. The molecule has 1 aromatic carbocycles. The van der Waals surface area contributed by atoms with Gasteiger partial charge in [-0.05, 0) is 30.7 Å². The van der Waals surface area contributed by atoms with Gasteiger partial charge in [-0.15, -0.1) is 0 Å². The number of nitrogens with one attached hydrogen (secondary N) is 2. The number of ether oxygens (including phenoxy) is 3. The number of aliphatic hydroxyl groups excluding tert-OH is 3. The average Bonchev–Trinajstić information content (AvgIpc) is 3.27. The highest BCUT2D eigenvalue weighted by Crippen LogP contribution is 2.26. The van der Waals surface area contributed by atoms with Crippen molar-refractivity contribution in [3.05, 3.63) is 35.9 Å². The minimum absolute atomic E-state index is 0.00460. The number of hydrogen-bond donors (Lipinski definition) is 5. The topological polar surface area (TPSA) is 167 Å². The van der Waals surface area contributed by atoms with Crippen LogP contribution in [-0.2, 0) is 25.6 Å². The van der Waals surface area contributed by atoms with Crippen molar-refractivity contribution in [3.63, 3.8) is 0 Å². The maximum Gasteiger partial charge on any atom is 0.411 e. The van der Waals surface area contributed by atoms with Gasteiger partial charge in [-0.1, -0.05) is 212 Å². The molecule has 1 aliphatic heterocycles. The highest BCUT2D eigenvalue weighted by molar-refractivity contribution is 5.86. The van der Waals surface area contributed by atoms with Gasteiger partial charge < -0.3 is 40.2 Å². The summed E-state index contributed by atoms with van der Waals surface area (Å²) in [5, 5.41) is 38.1. The van der Waals surface area contributed by atoms with Gasteiger partial charge >= 0.3 is 12.2 Å². The van der Waals surface area contributed by atoms with Gasteiger partial charge in [0.2, 0.25) is 5.91 Å². The van der Waals surface area contributed by atoms with Gasteiger partial charge in [0.25, 0.3) is 0 Å². The van der Waals surface area contributed by atoms with Gasteiger partial charge in [0.05, 0.1) is 13.2 Å². The smallest absolute Gasteiger partial charge is 0.411 e. The van der Waals surface area contributed by atoms with Crippen LogP contribution in [0.5, 0.6) is 0 Å². The Labute approximate surface area is 382 Å². The average molecular weight is 890 g/mol. The van der Waals surface area contributed by atoms with E-state index in [-0.39, 0.29) is 32.1 Å². The van der Waals surface area contributed by atoms with Crippen molar-refractivity contribution in [1.82, 2.24) is 15.5 Å². The molecule has 1 saturated heterocycles. The summed E-state index contributed by atoms with van der Waals surface area (Å²) in [7, 11) is 0. The van der Waals surface area contributed by atoms with Gasteiger partial charge in [0.15, 0.2) is 6.23 Å². The molecule has 0 aliphatic carbocycles. The summed E-state index contributed by atoms with van der Waals surface area (Å²) in [6.45, 7) is 8.17. The number of benzene rings is 1. The van der Waals surface area contributed by atoms with Crippen LogP contribution in [0.4, 0.5) is 9.59 Å². The molecule has 364 valence electrons. The Bertz CT molecular complexity index is 1290. The van der Waals surface area contributed by atoms with Crippen molar-refractivity contribution in [2.75, 3.05) is 19.8 Å². The number of amides is 3. The third-order valence-corrected chi connectivity index (χ3v) is 12.3. The quantitative estimate of drug-likeness (QED) is 0.0409. The lowest BCUT2D eigenvalue weighted by atomic mass is 9.94. The second kappa shape index (κ2) is 36.3. The van der Waals surface area contributed by atoms with Gasteiger partial charge in [0, 0.05) is 6.54 Å². The molecule has 12 heteroatoms. The van der Waals surface area contributed by atoms with E-state index in [0.717, 1.165) is 44.1 Å². The van der Waals surface area contributed by atoms with E-state index in [1.54, 1.807) is 0 Å². The van der Waals surface area contributed by atoms with E-state index in [1.807, 2.05) is 44.2 Å². The molecule has 63 heavy (non-hydrogen) atoms. The molecule has 0 radical (unpaired) electrons. The van der Waals surface area contributed by atoms with Gasteiger partial charge in [-0.3, -0.25) is 9.69 Å². The van der Waals surface area contributed by atoms with Crippen LogP contribution in [0.25, 0.3) is 0 Å². The van der Waals surface area contributed by atoms with E-state index >= 15 is 0 Å². The molecule has 1 aliphatic rings. The number of unbranched alkanes of at least 4 members (excludes halogenated alkanes) is 24. The van der Waals surface area contributed by atoms with E-state index in [4.69, 9.17) is 14.2 Å². The zero-order valence-electron chi connectivity index (χ0n) is 40.1. The van der Waals surface area contributed by atoms with Crippen LogP contribution in [0.1, 0.15) is 207 Å². The van der Waals surface area contributed by atoms with Crippen molar-refractivity contribution in [1.29, 1.82) is 0 Å². The molecule has 1 heterocycles. The second-order valence-corrected chi connectivity index (χ2v) is 18.4. The standard InChI is InChI=1S/C51H91N3O9/c1-5-7-9-11-13-15-17-18-19-20-21-22-23-25-27-32-36-54(51(60)61-37-33-28-26-24-16-14-12-10-8-6-2)49-45(47(57)46(56)44(39-55)63-49)53-48(58)43(38-41(3)4)52-50(59)62-40-42-34-30-29-31-35-42/h29-31,34-35,41,43-47,49,55-57H,5-28,32-33,36-40H2,1-4H3,(H,52,59)(H,53,58)/t43-,44+,45+,46+,47+,49+/m0/s1. The number of carbonyl (C=O) groups excluding carboxylic acids is 3. The summed E-state index contributed by atoms with van der Waals surface area (Å²) in [5.41, 5.74) is 0.791. The number of alkyl carbamates (subject to hydrolysis) is 1. The zero-order valence-corrected chi connectivity index (χ0v) is 40.1. The fourth-order valence-corrected chi connectivity index (χ4v) is 8.38. The first-order chi connectivity index (χ1) is 30.6. The van der Waals surface area contributed by atoms with E-state index < -0.39 is 61.3 Å². The molecule has 3 amide bonds. The molecule has 2 rings (SSSR count). The van der Waals surface area contributed by atoms with E-state index in [2.05, 4.69) is 24.5 Å². The third kappa shape index (κ3) is 25.4. The first-order valence-electron chi connectivity index (χ1n) is 25.5. The summed E-state index contributed by atoms with van der Waals surface area (Å²) in [5.74, 6) is -0.635. The Morgan fingerprint density at radius 2 is 1.14 bits per heavy atom. The first-order valence-corrected chi connectivity index (χ1v) is 25.5. The zero-order chi connectivity index (χ0) is 45.9. The van der Waals surface area contributed by atoms with Crippen LogP contribution < -0.4 is 10.6 Å². The Morgan fingerprint density at radius 3 is 1.62 bits per heavy atom. The molecule has 1 fully saturated rings. The fourth-order valence-electron chi connectivity index (χ4n) is 8.38. The summed E-state index contributed by atoms with van der Waals surface area (Å²) >= 11 is 0. The lowest BCUT2D eigenvalue weighted by Crippen LogP contribution is -2.70. The van der Waals surface area contributed by atoms with Crippen molar-refractivity contribution in [3.8, 4) is 0 Å². The van der Waals surface area contributed by atoms with Crippen LogP contribution >= 0.6 is 0 Å². The molecule has 6 atom stereocenters. The lowest BCUT2D eigenvalue weighted by molar-refractivity contribution is -0.226. The van der Waals surface area contributed by atoms with Crippen molar-refractivity contribution < 1.29 is 43.9 Å². The minimum atomic E-state index is -1.60. The predicted octanol–water partition coefficient (Wildman–Crippen LogP) is 10.9. The predicted molar refractivity (Wildman–Crippen MR) is 252 cm³/mol. The molecule has 0 bridgehead atoms. The summed E-state index contributed by atoms with van der Waals surface area (Å²) in [6, 6.07) is 6.86. The van der Waals surface area contributed by atoms with E-state index in [9.17, 15) is 29.7 Å². The molecular weight excluding hydrogens is 799 g/mol. The maximum absolute atomic E-state index is 14.0. The van der Waals surface area contributed by atoms with Crippen LogP contribution in [-0.4, -0.2) is 94.7 Å². The number of nitrogens with zero attached hydrogens (tertiary/aromatic N) is 1. The van der Waals surface area contributed by atoms with Crippen molar-refractivity contribution in [2.24, 2.45) is 5.92 Å². The Kier molecular flexibility index (Phi) is 32.4. The van der Waals surface area contributed by atoms with Crippen LogP contribution in [0.15, 0.2) is 30.3 Å². The van der Waals surface area contributed by atoms with Crippen LogP contribution in [0, 0.1) is 5.92 Å². The number of hydrogen-bond acceptors (Lipinski definition) is 9. The monoisotopic (exact) mass is 890 g/mol. The highest BCUT2D eigenvalue weighted by atomic mass is 16.6. The Balaban J connectivity index is 2.05. The third-order valence-electron chi connectivity index (χ3n) is 12.3. The molecule has 12 nitrogen and oxygen atoms in total. The SMILES string of the molecule is CCCCCCCCCCCCCCCCCCN(C(=O)OCCCCCCCCCCCC)[C@@H]1O[C@H](CO)[C@@H](O)[C@H](O)[C@H]1NC(=O)[C@H](CC(C)C)NC(=O)OCc1ccccc1. The summed E-state index contributed by atoms with van der Waals surface area (Å²) < 4.78 is 17.4. The van der Waals surface area contributed by atoms with Gasteiger partial charge in [-0.25, -0.2) is 9.59 Å². The summed E-state index contributed by atoms with van der Waals surface area (Å²) in [6.07, 6.45) is 24.0. The number of carbonyl (C=O) groups is 3. The minimum Gasteiger partial charge on any atom is -0.449 e. The normalized spacial score (nSPS) is 19.1. The van der Waals surface area contributed by atoms with Gasteiger partial charge in [0.1, 0.15) is 37.0 Å². The second-order valence-electron chi connectivity index (χ2n) is 18.4.